The Morgan fingerprint density at radius 1 is 0.914 bits per heavy atom. The molecule has 5 rings (SSSR count). The summed E-state index contributed by atoms with van der Waals surface area (Å²) in [4.78, 5) is 24.2. The minimum atomic E-state index is -0.235. The summed E-state index contributed by atoms with van der Waals surface area (Å²) in [5, 5.41) is 2.68. The molecule has 7 nitrogen and oxygen atoms in total. The normalized spacial score (nSPS) is 10.9. The van der Waals surface area contributed by atoms with Gasteiger partial charge >= 0.3 is 0 Å². The van der Waals surface area contributed by atoms with Gasteiger partial charge in [0.1, 0.15) is 27.5 Å². The zero-order valence-corrected chi connectivity index (χ0v) is 20.1. The van der Waals surface area contributed by atoms with Gasteiger partial charge < -0.3 is 14.2 Å². The number of pyridine rings is 1. The molecule has 2 heterocycles. The number of rotatable bonds is 8. The number of anilines is 1. The van der Waals surface area contributed by atoms with Gasteiger partial charge in [0.25, 0.3) is 5.91 Å². The Morgan fingerprint density at radius 3 is 2.46 bits per heavy atom. The highest BCUT2D eigenvalue weighted by Gasteiger charge is 2.24. The summed E-state index contributed by atoms with van der Waals surface area (Å²) in [7, 11) is 3.20. The number of benzene rings is 3. The van der Waals surface area contributed by atoms with Crippen molar-refractivity contribution in [2.75, 3.05) is 25.7 Å². The zero-order chi connectivity index (χ0) is 24.2. The molecule has 35 heavy (non-hydrogen) atoms. The fourth-order valence-electron chi connectivity index (χ4n) is 3.79. The maximum absolute atomic E-state index is 13.4. The van der Waals surface area contributed by atoms with E-state index >= 15 is 0 Å². The summed E-state index contributed by atoms with van der Waals surface area (Å²) in [6.07, 6.45) is 1.70. The highest BCUT2D eigenvalue weighted by atomic mass is 32.1. The molecule has 8 heteroatoms. The van der Waals surface area contributed by atoms with Gasteiger partial charge in [-0.2, -0.15) is 0 Å². The lowest BCUT2D eigenvalue weighted by molar-refractivity contribution is -0.120. The fraction of sp³-hybridized carbons (Fsp3) is 0.148. The van der Waals surface area contributed by atoms with Crippen LogP contribution in [0, 0.1) is 0 Å². The molecule has 0 bridgehead atoms. The summed E-state index contributed by atoms with van der Waals surface area (Å²) >= 11 is 1.36. The molecule has 0 radical (unpaired) electrons. The average Bonchev–Trinajstić information content (AvgIpc) is 3.35. The van der Waals surface area contributed by atoms with Gasteiger partial charge in [0.2, 0.25) is 0 Å². The molecule has 3 aromatic carbocycles. The summed E-state index contributed by atoms with van der Waals surface area (Å²) in [5.74, 6) is 1.67. The van der Waals surface area contributed by atoms with E-state index in [0.29, 0.717) is 27.9 Å². The third kappa shape index (κ3) is 4.74. The van der Waals surface area contributed by atoms with E-state index in [9.17, 15) is 4.79 Å². The number of hydrogen-bond donors (Lipinski definition) is 0. The molecule has 0 spiro atoms. The van der Waals surface area contributed by atoms with E-state index in [1.807, 2.05) is 66.7 Å². The molecule has 2 aromatic heterocycles. The Morgan fingerprint density at radius 2 is 1.69 bits per heavy atom. The first-order valence-electron chi connectivity index (χ1n) is 11.0. The van der Waals surface area contributed by atoms with Crippen LogP contribution in [0.4, 0.5) is 5.13 Å². The van der Waals surface area contributed by atoms with E-state index in [1.165, 1.54) is 11.3 Å². The Bertz CT molecular complexity index is 1450. The lowest BCUT2D eigenvalue weighted by Crippen LogP contribution is -2.34. The van der Waals surface area contributed by atoms with Gasteiger partial charge in [0, 0.05) is 6.20 Å². The van der Waals surface area contributed by atoms with Crippen LogP contribution in [0.15, 0.2) is 79.0 Å². The van der Waals surface area contributed by atoms with Crippen LogP contribution < -0.4 is 19.1 Å². The minimum Gasteiger partial charge on any atom is -0.495 e. The van der Waals surface area contributed by atoms with Crippen molar-refractivity contribution < 1.29 is 19.0 Å². The van der Waals surface area contributed by atoms with Gasteiger partial charge in [-0.3, -0.25) is 14.7 Å². The minimum absolute atomic E-state index is 0.143. The first kappa shape index (κ1) is 22.6. The van der Waals surface area contributed by atoms with E-state index in [1.54, 1.807) is 31.4 Å². The number of carbonyl (C=O) groups excluding carboxylic acids is 1. The predicted octanol–water partition coefficient (Wildman–Crippen LogP) is 5.47. The number of methoxy groups -OCH3 is 2. The second-order valence-corrected chi connectivity index (χ2v) is 8.72. The monoisotopic (exact) mass is 485 g/mol. The molecule has 176 valence electrons. The van der Waals surface area contributed by atoms with Crippen LogP contribution in [0.25, 0.3) is 21.0 Å². The molecule has 0 fully saturated rings. The summed E-state index contributed by atoms with van der Waals surface area (Å²) < 4.78 is 17.7. The van der Waals surface area contributed by atoms with Crippen LogP contribution in [0.1, 0.15) is 5.69 Å². The highest BCUT2D eigenvalue weighted by Crippen LogP contribution is 2.40. The summed E-state index contributed by atoms with van der Waals surface area (Å²) in [5.41, 5.74) is 1.38. The maximum Gasteiger partial charge on any atom is 0.267 e. The van der Waals surface area contributed by atoms with Crippen LogP contribution in [-0.4, -0.2) is 36.7 Å². The van der Waals surface area contributed by atoms with Gasteiger partial charge in [0.15, 0.2) is 11.7 Å². The molecule has 0 atom stereocenters. The van der Waals surface area contributed by atoms with Crippen LogP contribution in [0.5, 0.6) is 17.2 Å². The van der Waals surface area contributed by atoms with Gasteiger partial charge in [-0.1, -0.05) is 47.7 Å². The molecule has 1 amide bonds. The first-order valence-corrected chi connectivity index (χ1v) is 11.8. The molecule has 0 saturated heterocycles. The Kier molecular flexibility index (Phi) is 6.45. The number of ether oxygens (including phenoxy) is 3. The molecule has 0 aliphatic heterocycles. The second-order valence-electron chi connectivity index (χ2n) is 7.74. The van der Waals surface area contributed by atoms with E-state index < -0.39 is 0 Å². The third-order valence-corrected chi connectivity index (χ3v) is 6.65. The average molecular weight is 486 g/mol. The number of hydrogen-bond acceptors (Lipinski definition) is 7. The first-order chi connectivity index (χ1) is 17.2. The van der Waals surface area contributed by atoms with Crippen molar-refractivity contribution in [1.82, 2.24) is 9.97 Å². The van der Waals surface area contributed by atoms with Crippen molar-refractivity contribution in [2.45, 2.75) is 6.54 Å². The summed E-state index contributed by atoms with van der Waals surface area (Å²) in [6, 6.07) is 23.0. The number of thiazole rings is 1. The van der Waals surface area contributed by atoms with Crippen molar-refractivity contribution in [2.24, 2.45) is 0 Å². The van der Waals surface area contributed by atoms with Crippen LogP contribution in [0.2, 0.25) is 0 Å². The number of aromatic nitrogens is 2. The quantitative estimate of drug-likeness (QED) is 0.290. The van der Waals surface area contributed by atoms with Crippen molar-refractivity contribution in [3.8, 4) is 17.2 Å². The highest BCUT2D eigenvalue weighted by molar-refractivity contribution is 7.22. The van der Waals surface area contributed by atoms with Crippen LogP contribution >= 0.6 is 11.3 Å². The van der Waals surface area contributed by atoms with E-state index in [-0.39, 0.29) is 19.1 Å². The predicted molar refractivity (Wildman–Crippen MR) is 138 cm³/mol. The smallest absolute Gasteiger partial charge is 0.267 e. The fourth-order valence-corrected chi connectivity index (χ4v) is 4.88. The lowest BCUT2D eigenvalue weighted by atomic mass is 10.1. The SMILES string of the molecule is COc1ccc(OC)c2sc(N(Cc3ccccn3)C(=O)COc3ccc4ccccc4c3)nc12. The van der Waals surface area contributed by atoms with E-state index in [4.69, 9.17) is 19.2 Å². The van der Waals surface area contributed by atoms with E-state index in [2.05, 4.69) is 4.98 Å². The van der Waals surface area contributed by atoms with Crippen LogP contribution in [0.3, 0.4) is 0 Å². The molecular formula is C27H23N3O4S. The standard InChI is InChI=1S/C27H23N3O4S/c1-32-22-12-13-23(33-2)26-25(22)29-27(35-26)30(16-20-9-5-6-14-28-20)24(31)17-34-21-11-10-18-7-3-4-8-19(18)15-21/h3-15H,16-17H2,1-2H3. The number of nitrogens with zero attached hydrogens (tertiary/aromatic N) is 3. The Labute approximate surface area is 206 Å². The topological polar surface area (TPSA) is 73.8 Å². The number of amides is 1. The third-order valence-electron chi connectivity index (χ3n) is 5.56. The molecule has 0 saturated carbocycles. The number of fused-ring (bicyclic) bond motifs is 2. The van der Waals surface area contributed by atoms with Gasteiger partial charge in [-0.25, -0.2) is 4.98 Å². The molecule has 0 N–H and O–H groups in total. The van der Waals surface area contributed by atoms with Gasteiger partial charge in [-0.05, 0) is 47.2 Å². The van der Waals surface area contributed by atoms with Crippen molar-refractivity contribution in [3.63, 3.8) is 0 Å². The van der Waals surface area contributed by atoms with Gasteiger partial charge in [-0.15, -0.1) is 0 Å². The summed E-state index contributed by atoms with van der Waals surface area (Å²) in [6.45, 7) is 0.112. The molecule has 5 aromatic rings. The number of carbonyl (C=O) groups is 1. The Balaban J connectivity index is 1.46. The lowest BCUT2D eigenvalue weighted by Gasteiger charge is -2.19. The van der Waals surface area contributed by atoms with Crippen LogP contribution in [-0.2, 0) is 11.3 Å². The Hall–Kier alpha value is -4.17. The molecule has 0 aliphatic rings. The second kappa shape index (κ2) is 9.99. The maximum atomic E-state index is 13.4. The van der Waals surface area contributed by atoms with Gasteiger partial charge in [0.05, 0.1) is 26.5 Å². The molecule has 0 unspecified atom stereocenters. The van der Waals surface area contributed by atoms with Crippen molar-refractivity contribution in [1.29, 1.82) is 0 Å². The zero-order valence-electron chi connectivity index (χ0n) is 19.3. The molecule has 0 aliphatic carbocycles. The van der Waals surface area contributed by atoms with Crippen molar-refractivity contribution >= 4 is 43.4 Å². The largest absolute Gasteiger partial charge is 0.495 e. The van der Waals surface area contributed by atoms with E-state index in [0.717, 1.165) is 21.2 Å². The molecular weight excluding hydrogens is 462 g/mol. The van der Waals surface area contributed by atoms with Crippen molar-refractivity contribution in [3.05, 3.63) is 84.7 Å².